The highest BCUT2D eigenvalue weighted by Gasteiger charge is 2.10. The van der Waals surface area contributed by atoms with Gasteiger partial charge in [0.25, 0.3) is 11.5 Å². The van der Waals surface area contributed by atoms with Crippen LogP contribution in [0.15, 0.2) is 53.5 Å². The van der Waals surface area contributed by atoms with Gasteiger partial charge in [-0.2, -0.15) is 5.10 Å². The van der Waals surface area contributed by atoms with Crippen LogP contribution < -0.4 is 15.6 Å². The first-order chi connectivity index (χ1) is 12.4. The first-order valence-electron chi connectivity index (χ1n) is 7.37. The molecule has 7 nitrogen and oxygen atoms in total. The largest absolute Gasteiger partial charge is 0.456 e. The van der Waals surface area contributed by atoms with Crippen LogP contribution in [-0.2, 0) is 7.05 Å². The molecule has 0 aliphatic carbocycles. The number of aromatic nitrogens is 3. The third kappa shape index (κ3) is 4.04. The molecule has 1 N–H and O–H groups in total. The number of amides is 1. The fourth-order valence-corrected chi connectivity index (χ4v) is 2.17. The SMILES string of the molecule is Cn1nc(C(=O)Nc2ccc(Oc3ccc(F)c(Cl)c3)cn2)ccc1=O. The van der Waals surface area contributed by atoms with Gasteiger partial charge in [0.05, 0.1) is 11.2 Å². The molecule has 0 bridgehead atoms. The van der Waals surface area contributed by atoms with Gasteiger partial charge in [0.15, 0.2) is 0 Å². The zero-order chi connectivity index (χ0) is 18.7. The number of carbonyl (C=O) groups is 1. The van der Waals surface area contributed by atoms with Crippen LogP contribution >= 0.6 is 11.6 Å². The van der Waals surface area contributed by atoms with Gasteiger partial charge in [0, 0.05) is 19.2 Å². The number of anilines is 1. The smallest absolute Gasteiger partial charge is 0.277 e. The van der Waals surface area contributed by atoms with Gasteiger partial charge in [0.1, 0.15) is 28.8 Å². The average molecular weight is 375 g/mol. The lowest BCUT2D eigenvalue weighted by atomic mass is 10.3. The molecule has 9 heteroatoms. The van der Waals surface area contributed by atoms with E-state index in [1.54, 1.807) is 6.07 Å². The zero-order valence-electron chi connectivity index (χ0n) is 13.4. The van der Waals surface area contributed by atoms with Crippen molar-refractivity contribution < 1.29 is 13.9 Å². The second-order valence-corrected chi connectivity index (χ2v) is 5.60. The number of rotatable bonds is 4. The zero-order valence-corrected chi connectivity index (χ0v) is 14.2. The molecule has 2 aromatic heterocycles. The number of hydrogen-bond acceptors (Lipinski definition) is 5. The van der Waals surface area contributed by atoms with Crippen molar-refractivity contribution >= 4 is 23.3 Å². The van der Waals surface area contributed by atoms with Crippen LogP contribution in [0.5, 0.6) is 11.5 Å². The molecule has 0 unspecified atom stereocenters. The summed E-state index contributed by atoms with van der Waals surface area (Å²) in [6, 6.07) is 9.65. The third-order valence-corrected chi connectivity index (χ3v) is 3.59. The van der Waals surface area contributed by atoms with Crippen molar-refractivity contribution in [1.29, 1.82) is 0 Å². The summed E-state index contributed by atoms with van der Waals surface area (Å²) in [6.45, 7) is 0. The Morgan fingerprint density at radius 2 is 1.96 bits per heavy atom. The molecule has 0 saturated carbocycles. The minimum absolute atomic E-state index is 0.0518. The maximum Gasteiger partial charge on any atom is 0.277 e. The Bertz CT molecular complexity index is 1020. The van der Waals surface area contributed by atoms with Crippen molar-refractivity contribution in [3.05, 3.63) is 75.5 Å². The van der Waals surface area contributed by atoms with Crippen LogP contribution in [-0.4, -0.2) is 20.7 Å². The number of carbonyl (C=O) groups excluding carboxylic acids is 1. The molecule has 2 heterocycles. The van der Waals surface area contributed by atoms with E-state index < -0.39 is 11.7 Å². The first kappa shape index (κ1) is 17.6. The summed E-state index contributed by atoms with van der Waals surface area (Å²) in [4.78, 5) is 27.5. The number of aryl methyl sites for hydroxylation is 1. The Kier molecular flexibility index (Phi) is 4.94. The maximum atomic E-state index is 13.1. The molecule has 0 saturated heterocycles. The van der Waals surface area contributed by atoms with E-state index in [1.807, 2.05) is 0 Å². The summed E-state index contributed by atoms with van der Waals surface area (Å²) >= 11 is 5.70. The molecule has 3 rings (SSSR count). The minimum atomic E-state index is -0.540. The lowest BCUT2D eigenvalue weighted by Gasteiger charge is -2.08. The van der Waals surface area contributed by atoms with Crippen molar-refractivity contribution in [2.45, 2.75) is 0 Å². The molecular formula is C17H12ClFN4O3. The predicted octanol–water partition coefficient (Wildman–Crippen LogP) is 3.01. The molecule has 1 aromatic carbocycles. The number of benzene rings is 1. The minimum Gasteiger partial charge on any atom is -0.456 e. The van der Waals surface area contributed by atoms with Crippen LogP contribution in [0.2, 0.25) is 5.02 Å². The maximum absolute atomic E-state index is 13.1. The topological polar surface area (TPSA) is 86.1 Å². The van der Waals surface area contributed by atoms with Crippen LogP contribution in [0.4, 0.5) is 10.2 Å². The van der Waals surface area contributed by atoms with E-state index in [-0.39, 0.29) is 22.1 Å². The van der Waals surface area contributed by atoms with Gasteiger partial charge < -0.3 is 10.1 Å². The standard InChI is InChI=1S/C17H12ClFN4O3/c1-23-16(24)7-5-14(22-23)17(25)21-15-6-3-11(9-20-15)26-10-2-4-13(19)12(18)8-10/h2-9H,1H3,(H,20,21,25). The van der Waals surface area contributed by atoms with Crippen LogP contribution in [0.1, 0.15) is 10.5 Å². The second-order valence-electron chi connectivity index (χ2n) is 5.19. The van der Waals surface area contributed by atoms with Crippen molar-refractivity contribution in [3.63, 3.8) is 0 Å². The van der Waals surface area contributed by atoms with Crippen molar-refractivity contribution in [2.24, 2.45) is 7.05 Å². The number of ether oxygens (including phenoxy) is 1. The Hall–Kier alpha value is -3.26. The molecule has 3 aromatic rings. The van der Waals surface area contributed by atoms with E-state index in [0.717, 1.165) is 4.68 Å². The highest BCUT2D eigenvalue weighted by atomic mass is 35.5. The third-order valence-electron chi connectivity index (χ3n) is 3.30. The Morgan fingerprint density at radius 1 is 1.19 bits per heavy atom. The number of nitrogens with one attached hydrogen (secondary N) is 1. The Morgan fingerprint density at radius 3 is 2.62 bits per heavy atom. The predicted molar refractivity (Wildman–Crippen MR) is 93.2 cm³/mol. The van der Waals surface area contributed by atoms with E-state index in [2.05, 4.69) is 15.4 Å². The summed E-state index contributed by atoms with van der Waals surface area (Å²) in [7, 11) is 1.45. The van der Waals surface area contributed by atoms with E-state index in [0.29, 0.717) is 11.5 Å². The van der Waals surface area contributed by atoms with Crippen molar-refractivity contribution in [1.82, 2.24) is 14.8 Å². The number of pyridine rings is 1. The lowest BCUT2D eigenvalue weighted by Crippen LogP contribution is -2.23. The fourth-order valence-electron chi connectivity index (χ4n) is 1.99. The Labute approximate surface area is 152 Å². The van der Waals surface area contributed by atoms with Gasteiger partial charge in [-0.25, -0.2) is 14.1 Å². The number of nitrogens with zero attached hydrogens (tertiary/aromatic N) is 3. The monoisotopic (exact) mass is 374 g/mol. The lowest BCUT2D eigenvalue weighted by molar-refractivity contribution is 0.101. The first-order valence-corrected chi connectivity index (χ1v) is 7.75. The molecule has 0 aliphatic rings. The number of halogens is 2. The highest BCUT2D eigenvalue weighted by Crippen LogP contribution is 2.26. The van der Waals surface area contributed by atoms with E-state index >= 15 is 0 Å². The Balaban J connectivity index is 1.68. The molecule has 132 valence electrons. The van der Waals surface area contributed by atoms with Gasteiger partial charge in [-0.3, -0.25) is 9.59 Å². The van der Waals surface area contributed by atoms with Crippen LogP contribution in [0, 0.1) is 5.82 Å². The summed E-state index contributed by atoms with van der Waals surface area (Å²) in [5, 5.41) is 6.36. The molecule has 26 heavy (non-hydrogen) atoms. The molecular weight excluding hydrogens is 363 g/mol. The number of hydrogen-bond donors (Lipinski definition) is 1. The molecule has 0 aliphatic heterocycles. The van der Waals surface area contributed by atoms with E-state index in [4.69, 9.17) is 16.3 Å². The normalized spacial score (nSPS) is 10.4. The van der Waals surface area contributed by atoms with Gasteiger partial charge in [-0.1, -0.05) is 11.6 Å². The van der Waals surface area contributed by atoms with Crippen LogP contribution in [0.25, 0.3) is 0 Å². The summed E-state index contributed by atoms with van der Waals surface area (Å²) in [5.41, 5.74) is -0.239. The van der Waals surface area contributed by atoms with Crippen molar-refractivity contribution in [2.75, 3.05) is 5.32 Å². The van der Waals surface area contributed by atoms with Crippen LogP contribution in [0.3, 0.4) is 0 Å². The van der Waals surface area contributed by atoms with Gasteiger partial charge in [-0.05, 0) is 30.3 Å². The summed E-state index contributed by atoms with van der Waals surface area (Å²) < 4.78 is 19.7. The van der Waals surface area contributed by atoms with Crippen molar-refractivity contribution in [3.8, 4) is 11.5 Å². The van der Waals surface area contributed by atoms with Gasteiger partial charge in [0.2, 0.25) is 0 Å². The average Bonchev–Trinajstić information content (AvgIpc) is 2.62. The van der Waals surface area contributed by atoms with Gasteiger partial charge in [-0.15, -0.1) is 0 Å². The second kappa shape index (κ2) is 7.32. The van der Waals surface area contributed by atoms with Gasteiger partial charge >= 0.3 is 0 Å². The molecule has 0 fully saturated rings. The highest BCUT2D eigenvalue weighted by molar-refractivity contribution is 6.30. The van der Waals surface area contributed by atoms with E-state index in [1.165, 1.54) is 49.6 Å². The molecule has 0 atom stereocenters. The fraction of sp³-hybridized carbons (Fsp3) is 0.0588. The van der Waals surface area contributed by atoms with E-state index in [9.17, 15) is 14.0 Å². The molecule has 0 radical (unpaired) electrons. The molecule has 1 amide bonds. The summed E-state index contributed by atoms with van der Waals surface area (Å²) in [5.74, 6) is -0.0419. The quantitative estimate of drug-likeness (QED) is 0.758. The molecule has 0 spiro atoms. The summed E-state index contributed by atoms with van der Waals surface area (Å²) in [6.07, 6.45) is 1.39.